The van der Waals surface area contributed by atoms with Gasteiger partial charge in [0.25, 0.3) is 0 Å². The van der Waals surface area contributed by atoms with Gasteiger partial charge < -0.3 is 10.2 Å². The molecule has 0 saturated heterocycles. The van der Waals surface area contributed by atoms with Crippen LogP contribution in [0.5, 0.6) is 11.5 Å². The van der Waals surface area contributed by atoms with Crippen molar-refractivity contribution in [2.45, 2.75) is 19.8 Å². The van der Waals surface area contributed by atoms with Gasteiger partial charge >= 0.3 is 0 Å². The van der Waals surface area contributed by atoms with E-state index in [-0.39, 0.29) is 22.8 Å². The molecule has 20 heavy (non-hydrogen) atoms. The Bertz CT molecular complexity index is 878. The van der Waals surface area contributed by atoms with Crippen LogP contribution in [-0.4, -0.2) is 10.2 Å². The first-order valence-electron chi connectivity index (χ1n) is 6.41. The Balaban J connectivity index is 2.63. The zero-order chi connectivity index (χ0) is 14.4. The highest BCUT2D eigenvalue weighted by molar-refractivity contribution is 7.24. The zero-order valence-electron chi connectivity index (χ0n) is 11.2. The third kappa shape index (κ3) is 1.76. The highest BCUT2D eigenvalue weighted by Gasteiger charge is 2.19. The summed E-state index contributed by atoms with van der Waals surface area (Å²) >= 11 is 1.45. The molecule has 0 amide bonds. The Morgan fingerprint density at radius 3 is 2.50 bits per heavy atom. The predicted octanol–water partition coefficient (Wildman–Crippen LogP) is 3.95. The van der Waals surface area contributed by atoms with Gasteiger partial charge in [-0.25, -0.2) is 0 Å². The summed E-state index contributed by atoms with van der Waals surface area (Å²) in [5, 5.41) is 21.1. The molecule has 2 N–H and O–H groups in total. The summed E-state index contributed by atoms with van der Waals surface area (Å²) in [5.74, 6) is -0.412. The third-order valence-electron chi connectivity index (χ3n) is 3.44. The summed E-state index contributed by atoms with van der Waals surface area (Å²) in [6, 6.07) is 8.86. The van der Waals surface area contributed by atoms with Crippen molar-refractivity contribution in [2.75, 3.05) is 0 Å². The minimum Gasteiger partial charge on any atom is -0.504 e. The average Bonchev–Trinajstić information content (AvgIpc) is 2.41. The summed E-state index contributed by atoms with van der Waals surface area (Å²) in [6.07, 6.45) is 0. The van der Waals surface area contributed by atoms with E-state index in [0.29, 0.717) is 21.0 Å². The van der Waals surface area contributed by atoms with Crippen molar-refractivity contribution in [3.8, 4) is 11.5 Å². The van der Waals surface area contributed by atoms with E-state index in [2.05, 4.69) is 0 Å². The number of benzene rings is 2. The predicted molar refractivity (Wildman–Crippen MR) is 83.0 cm³/mol. The lowest BCUT2D eigenvalue weighted by Gasteiger charge is -2.13. The largest absolute Gasteiger partial charge is 0.504 e. The summed E-state index contributed by atoms with van der Waals surface area (Å²) in [6.45, 7) is 3.79. The highest BCUT2D eigenvalue weighted by atomic mass is 32.1. The lowest BCUT2D eigenvalue weighted by atomic mass is 9.96. The molecule has 3 rings (SSSR count). The first kappa shape index (κ1) is 12.9. The summed E-state index contributed by atoms with van der Waals surface area (Å²) in [4.78, 5) is 12.7. The summed E-state index contributed by atoms with van der Waals surface area (Å²) in [5.41, 5.74) is 0.431. The average molecular weight is 286 g/mol. The fourth-order valence-electron chi connectivity index (χ4n) is 2.53. The van der Waals surface area contributed by atoms with Crippen molar-refractivity contribution in [3.63, 3.8) is 0 Å². The molecular formula is C16H14O3S. The monoisotopic (exact) mass is 286 g/mol. The van der Waals surface area contributed by atoms with Gasteiger partial charge in [-0.15, -0.1) is 11.3 Å². The fraction of sp³-hybridized carbons (Fsp3) is 0.188. The van der Waals surface area contributed by atoms with Crippen LogP contribution in [0.15, 0.2) is 35.1 Å². The van der Waals surface area contributed by atoms with Gasteiger partial charge in [0.15, 0.2) is 16.9 Å². The van der Waals surface area contributed by atoms with Crippen LogP contribution < -0.4 is 5.43 Å². The lowest BCUT2D eigenvalue weighted by molar-refractivity contribution is 0.399. The summed E-state index contributed by atoms with van der Waals surface area (Å²) < 4.78 is 1.58. The Labute approximate surface area is 119 Å². The topological polar surface area (TPSA) is 57.5 Å². The summed E-state index contributed by atoms with van der Waals surface area (Å²) in [7, 11) is 0. The molecule has 102 valence electrons. The molecule has 0 saturated carbocycles. The molecule has 2 aromatic carbocycles. The molecule has 0 spiro atoms. The first-order valence-corrected chi connectivity index (χ1v) is 7.22. The Kier molecular flexibility index (Phi) is 2.91. The number of aromatic hydroxyl groups is 2. The lowest BCUT2D eigenvalue weighted by Crippen LogP contribution is -2.05. The number of fused-ring (bicyclic) bond motifs is 2. The molecule has 3 aromatic rings. The van der Waals surface area contributed by atoms with Crippen LogP contribution in [0.25, 0.3) is 20.2 Å². The van der Waals surface area contributed by atoms with Crippen LogP contribution in [0.3, 0.4) is 0 Å². The third-order valence-corrected chi connectivity index (χ3v) is 4.56. The highest BCUT2D eigenvalue weighted by Crippen LogP contribution is 2.41. The molecule has 4 heteroatoms. The van der Waals surface area contributed by atoms with Crippen molar-refractivity contribution < 1.29 is 10.2 Å². The normalized spacial score (nSPS) is 11.6. The van der Waals surface area contributed by atoms with Crippen LogP contribution in [0.4, 0.5) is 0 Å². The molecule has 3 nitrogen and oxygen atoms in total. The van der Waals surface area contributed by atoms with Gasteiger partial charge in [-0.1, -0.05) is 26.0 Å². The van der Waals surface area contributed by atoms with Gasteiger partial charge in [0.1, 0.15) is 0 Å². The van der Waals surface area contributed by atoms with E-state index in [0.717, 1.165) is 4.70 Å². The first-order chi connectivity index (χ1) is 9.50. The van der Waals surface area contributed by atoms with E-state index in [9.17, 15) is 15.0 Å². The Morgan fingerprint density at radius 1 is 1.10 bits per heavy atom. The molecule has 0 atom stereocenters. The van der Waals surface area contributed by atoms with Gasteiger partial charge in [-0.3, -0.25) is 4.79 Å². The smallest absolute Gasteiger partial charge is 0.196 e. The van der Waals surface area contributed by atoms with Crippen LogP contribution in [-0.2, 0) is 0 Å². The molecule has 0 aliphatic heterocycles. The molecule has 0 radical (unpaired) electrons. The van der Waals surface area contributed by atoms with E-state index in [1.54, 1.807) is 6.07 Å². The molecule has 0 aliphatic carbocycles. The van der Waals surface area contributed by atoms with Gasteiger partial charge in [0.2, 0.25) is 0 Å². The maximum absolute atomic E-state index is 12.7. The van der Waals surface area contributed by atoms with Gasteiger partial charge in [-0.2, -0.15) is 0 Å². The quantitative estimate of drug-likeness (QED) is 0.526. The molecule has 1 aromatic heterocycles. The second-order valence-corrected chi connectivity index (χ2v) is 6.20. The van der Waals surface area contributed by atoms with Crippen LogP contribution in [0.2, 0.25) is 0 Å². The molecule has 0 unspecified atom stereocenters. The number of phenolic OH excluding ortho intramolecular Hbond substituents is 2. The van der Waals surface area contributed by atoms with Gasteiger partial charge in [0.05, 0.1) is 0 Å². The molecule has 0 aliphatic rings. The van der Waals surface area contributed by atoms with Crippen molar-refractivity contribution in [3.05, 3.63) is 46.1 Å². The number of rotatable bonds is 1. The van der Waals surface area contributed by atoms with E-state index in [4.69, 9.17) is 0 Å². The van der Waals surface area contributed by atoms with Crippen LogP contribution in [0.1, 0.15) is 25.3 Å². The van der Waals surface area contributed by atoms with Crippen molar-refractivity contribution in [1.82, 2.24) is 0 Å². The second-order valence-electron chi connectivity index (χ2n) is 5.11. The second kappa shape index (κ2) is 4.49. The zero-order valence-corrected chi connectivity index (χ0v) is 12.0. The standard InChI is InChI=1S/C16H14O3S/c1-8(2)13-14-12(7-10(17)16(13)19)20-11-6-4-3-5-9(11)15(14)18/h3-8,17,19H,1-2H3. The fourth-order valence-corrected chi connectivity index (χ4v) is 3.66. The van der Waals surface area contributed by atoms with Gasteiger partial charge in [0, 0.05) is 31.8 Å². The molecule has 0 bridgehead atoms. The molecular weight excluding hydrogens is 272 g/mol. The molecule has 1 heterocycles. The minimum absolute atomic E-state index is 0.0503. The Hall–Kier alpha value is -2.07. The molecule has 0 fully saturated rings. The number of hydrogen-bond acceptors (Lipinski definition) is 4. The van der Waals surface area contributed by atoms with Gasteiger partial charge in [-0.05, 0) is 18.1 Å². The van der Waals surface area contributed by atoms with E-state index >= 15 is 0 Å². The minimum atomic E-state index is -0.188. The van der Waals surface area contributed by atoms with Crippen LogP contribution >= 0.6 is 11.3 Å². The van der Waals surface area contributed by atoms with Crippen LogP contribution in [0, 0.1) is 0 Å². The number of hydrogen-bond donors (Lipinski definition) is 2. The van der Waals surface area contributed by atoms with Crippen molar-refractivity contribution >= 4 is 31.5 Å². The van der Waals surface area contributed by atoms with E-state index < -0.39 is 0 Å². The maximum Gasteiger partial charge on any atom is 0.196 e. The van der Waals surface area contributed by atoms with E-state index in [1.807, 2.05) is 32.0 Å². The van der Waals surface area contributed by atoms with Crippen molar-refractivity contribution in [1.29, 1.82) is 0 Å². The maximum atomic E-state index is 12.7. The Morgan fingerprint density at radius 2 is 1.80 bits per heavy atom. The number of phenols is 2. The van der Waals surface area contributed by atoms with Crippen molar-refractivity contribution in [2.24, 2.45) is 0 Å². The van der Waals surface area contributed by atoms with E-state index in [1.165, 1.54) is 17.4 Å². The SMILES string of the molecule is CC(C)c1c(O)c(O)cc2sc3ccccc3c(=O)c12.